The van der Waals surface area contributed by atoms with Gasteiger partial charge >= 0.3 is 6.16 Å². The highest BCUT2D eigenvalue weighted by Gasteiger charge is 2.49. The first-order valence-electron chi connectivity index (χ1n) is 10.3. The molecule has 0 radical (unpaired) electrons. The van der Waals surface area contributed by atoms with Gasteiger partial charge in [-0.15, -0.1) is 0 Å². The van der Waals surface area contributed by atoms with Gasteiger partial charge in [0.05, 0.1) is 39.6 Å². The van der Waals surface area contributed by atoms with E-state index in [1.54, 1.807) is 14.2 Å². The van der Waals surface area contributed by atoms with Gasteiger partial charge in [0.15, 0.2) is 0 Å². The highest BCUT2D eigenvalue weighted by Crippen LogP contribution is 2.31. The molecule has 0 N–H and O–H groups in total. The van der Waals surface area contributed by atoms with Crippen molar-refractivity contribution in [2.75, 3.05) is 67.1 Å². The summed E-state index contributed by atoms with van der Waals surface area (Å²) in [4.78, 5) is 11.7. The Morgan fingerprint density at radius 2 is 1.00 bits per heavy atom. The van der Waals surface area contributed by atoms with Crippen LogP contribution in [0.25, 0.3) is 0 Å². The highest BCUT2D eigenvalue weighted by molar-refractivity contribution is 5.59. The normalized spacial score (nSPS) is 39.8. The van der Waals surface area contributed by atoms with E-state index in [-0.39, 0.29) is 75.3 Å². The van der Waals surface area contributed by atoms with E-state index in [4.69, 9.17) is 47.4 Å². The Morgan fingerprint density at radius 1 is 0.633 bits per heavy atom. The van der Waals surface area contributed by atoms with Crippen molar-refractivity contribution in [2.24, 2.45) is 0 Å². The molecule has 30 heavy (non-hydrogen) atoms. The predicted octanol–water partition coefficient (Wildman–Crippen LogP) is -0.465. The fourth-order valence-electron chi connectivity index (χ4n) is 4.24. The molecule has 0 saturated carbocycles. The zero-order valence-electron chi connectivity index (χ0n) is 17.3. The number of fused-ring (bicyclic) bond motifs is 2. The maximum absolute atomic E-state index is 11.7. The number of hydrogen-bond donors (Lipinski definition) is 0. The van der Waals surface area contributed by atoms with Crippen LogP contribution in [0.3, 0.4) is 0 Å². The molecule has 0 unspecified atom stereocenters. The molecule has 4 heterocycles. The molecule has 0 aromatic carbocycles. The van der Waals surface area contributed by atoms with Crippen molar-refractivity contribution in [2.45, 2.75) is 48.8 Å². The third-order valence-electron chi connectivity index (χ3n) is 5.80. The number of hydrogen-bond acceptors (Lipinski definition) is 11. The lowest BCUT2D eigenvalue weighted by atomic mass is 10.1. The molecule has 0 aliphatic carbocycles. The second-order valence-corrected chi connectivity index (χ2v) is 7.51. The van der Waals surface area contributed by atoms with Crippen molar-refractivity contribution in [3.63, 3.8) is 0 Å². The predicted molar refractivity (Wildman–Crippen MR) is 97.3 cm³/mol. The van der Waals surface area contributed by atoms with Crippen molar-refractivity contribution in [1.82, 2.24) is 0 Å². The van der Waals surface area contributed by atoms with Gasteiger partial charge in [-0.2, -0.15) is 0 Å². The minimum absolute atomic E-state index is 0.0691. The van der Waals surface area contributed by atoms with Crippen LogP contribution in [0.5, 0.6) is 0 Å². The second kappa shape index (κ2) is 10.5. The van der Waals surface area contributed by atoms with Crippen LogP contribution in [0.15, 0.2) is 0 Å². The first kappa shape index (κ1) is 22.2. The molecule has 11 nitrogen and oxygen atoms in total. The molecule has 0 amide bonds. The third-order valence-corrected chi connectivity index (χ3v) is 5.80. The Bertz CT molecular complexity index is 515. The number of methoxy groups -OCH3 is 2. The van der Waals surface area contributed by atoms with Crippen molar-refractivity contribution in [3.8, 4) is 0 Å². The number of carbonyl (C=O) groups excluding carboxylic acids is 1. The van der Waals surface area contributed by atoms with E-state index in [0.717, 1.165) is 0 Å². The smallest absolute Gasteiger partial charge is 0.432 e. The molecule has 4 fully saturated rings. The molecule has 8 atom stereocenters. The molecule has 0 spiro atoms. The van der Waals surface area contributed by atoms with Gasteiger partial charge in [0.1, 0.15) is 62.0 Å². The number of carbonyl (C=O) groups is 1. The van der Waals surface area contributed by atoms with Crippen LogP contribution in [0, 0.1) is 0 Å². The van der Waals surface area contributed by atoms with Gasteiger partial charge < -0.3 is 47.4 Å². The van der Waals surface area contributed by atoms with Crippen LogP contribution in [0.4, 0.5) is 4.79 Å². The standard InChI is InChI=1S/C19H30O11/c1-21-11-7-27-17-13(9-29-15(11)17)23-3-5-25-19(20)26-6-4-24-14-10-30-16-12(22-2)8-28-18(14)16/h11-18H,3-10H2,1-2H3/t11-,12-,13+,14+,15-,16-,17-,18-/m1/s1. The molecule has 4 saturated heterocycles. The highest BCUT2D eigenvalue weighted by atomic mass is 16.7. The Labute approximate surface area is 175 Å². The Morgan fingerprint density at radius 3 is 1.40 bits per heavy atom. The van der Waals surface area contributed by atoms with Crippen molar-refractivity contribution < 1.29 is 52.2 Å². The van der Waals surface area contributed by atoms with E-state index in [0.29, 0.717) is 26.4 Å². The molecule has 4 rings (SSSR count). The van der Waals surface area contributed by atoms with E-state index in [1.807, 2.05) is 0 Å². The first-order valence-corrected chi connectivity index (χ1v) is 10.3. The van der Waals surface area contributed by atoms with Crippen LogP contribution in [0.2, 0.25) is 0 Å². The van der Waals surface area contributed by atoms with Crippen molar-refractivity contribution in [1.29, 1.82) is 0 Å². The van der Waals surface area contributed by atoms with Crippen LogP contribution >= 0.6 is 0 Å². The average Bonchev–Trinajstić information content (AvgIpc) is 3.51. The fraction of sp³-hybridized carbons (Fsp3) is 0.947. The molecular formula is C19H30O11. The summed E-state index contributed by atoms with van der Waals surface area (Å²) in [5.41, 5.74) is 0. The van der Waals surface area contributed by atoms with Crippen molar-refractivity contribution in [3.05, 3.63) is 0 Å². The van der Waals surface area contributed by atoms with E-state index in [9.17, 15) is 4.79 Å². The average molecular weight is 434 g/mol. The largest absolute Gasteiger partial charge is 0.508 e. The maximum atomic E-state index is 11.7. The summed E-state index contributed by atoms with van der Waals surface area (Å²) >= 11 is 0. The molecular weight excluding hydrogens is 404 g/mol. The third kappa shape index (κ3) is 4.89. The van der Waals surface area contributed by atoms with Crippen LogP contribution in [0.1, 0.15) is 0 Å². The Balaban J connectivity index is 1.03. The molecule has 4 aliphatic heterocycles. The van der Waals surface area contributed by atoms with Gasteiger partial charge in [-0.05, 0) is 0 Å². The van der Waals surface area contributed by atoms with E-state index in [2.05, 4.69) is 0 Å². The lowest BCUT2D eigenvalue weighted by Crippen LogP contribution is -2.34. The zero-order chi connectivity index (χ0) is 20.9. The van der Waals surface area contributed by atoms with E-state index >= 15 is 0 Å². The molecule has 0 aromatic rings. The van der Waals surface area contributed by atoms with Gasteiger partial charge in [-0.3, -0.25) is 0 Å². The fourth-order valence-corrected chi connectivity index (χ4v) is 4.24. The maximum Gasteiger partial charge on any atom is 0.508 e. The summed E-state index contributed by atoms with van der Waals surface area (Å²) in [5, 5.41) is 0. The summed E-state index contributed by atoms with van der Waals surface area (Å²) in [5.74, 6) is 0. The monoisotopic (exact) mass is 434 g/mol. The minimum Gasteiger partial charge on any atom is -0.432 e. The minimum atomic E-state index is -0.767. The Kier molecular flexibility index (Phi) is 7.76. The summed E-state index contributed by atoms with van der Waals surface area (Å²) in [6, 6.07) is 0. The SMILES string of the molecule is CO[C@@H]1CO[C@H]2[C@@H]1OC[C@@H]2OCCOC(=O)OCCO[C@H]1CO[C@H]2[C@@H]1OC[C@H]2OC. The number of ether oxygens (including phenoxy) is 10. The lowest BCUT2D eigenvalue weighted by molar-refractivity contribution is -0.0622. The molecule has 172 valence electrons. The molecule has 0 bridgehead atoms. The van der Waals surface area contributed by atoms with Gasteiger partial charge in [0.25, 0.3) is 0 Å². The lowest BCUT2D eigenvalue weighted by Gasteiger charge is -2.17. The molecule has 4 aliphatic rings. The van der Waals surface area contributed by atoms with Crippen LogP contribution in [-0.2, 0) is 47.4 Å². The second-order valence-electron chi connectivity index (χ2n) is 7.51. The zero-order valence-corrected chi connectivity index (χ0v) is 17.3. The summed E-state index contributed by atoms with van der Waals surface area (Å²) in [6.07, 6.45) is -1.82. The topological polar surface area (TPSA) is 109 Å². The van der Waals surface area contributed by atoms with Crippen LogP contribution in [-0.4, -0.2) is 122 Å². The summed E-state index contributed by atoms with van der Waals surface area (Å²) in [6.45, 7) is 2.45. The number of rotatable bonds is 10. The Hall–Kier alpha value is -1.05. The van der Waals surface area contributed by atoms with Gasteiger partial charge in [-0.25, -0.2) is 4.79 Å². The van der Waals surface area contributed by atoms with Gasteiger partial charge in [-0.1, -0.05) is 0 Å². The summed E-state index contributed by atoms with van der Waals surface area (Å²) in [7, 11) is 3.27. The van der Waals surface area contributed by atoms with E-state index in [1.165, 1.54) is 0 Å². The summed E-state index contributed by atoms with van der Waals surface area (Å²) < 4.78 is 54.8. The van der Waals surface area contributed by atoms with E-state index < -0.39 is 6.16 Å². The van der Waals surface area contributed by atoms with Gasteiger partial charge in [0, 0.05) is 14.2 Å². The molecule has 11 heteroatoms. The quantitative estimate of drug-likeness (QED) is 0.329. The van der Waals surface area contributed by atoms with Gasteiger partial charge in [0.2, 0.25) is 0 Å². The van der Waals surface area contributed by atoms with Crippen LogP contribution < -0.4 is 0 Å². The van der Waals surface area contributed by atoms with Crippen molar-refractivity contribution >= 4 is 6.16 Å². The molecule has 0 aromatic heterocycles. The first-order chi connectivity index (χ1) is 14.7.